The normalized spacial score (nSPS) is 24.0. The molecule has 2 saturated heterocycles. The lowest BCUT2D eigenvalue weighted by Crippen LogP contribution is -2.74. The third-order valence-corrected chi connectivity index (χ3v) is 10.5. The van der Waals surface area contributed by atoms with E-state index in [0.717, 1.165) is 11.1 Å². The quantitative estimate of drug-likeness (QED) is 0.272. The van der Waals surface area contributed by atoms with E-state index in [4.69, 9.17) is 0 Å². The summed E-state index contributed by atoms with van der Waals surface area (Å²) < 4.78 is 0. The highest BCUT2D eigenvalue weighted by Gasteiger charge is 2.61. The molecule has 0 atom stereocenters. The second-order valence-electron chi connectivity index (χ2n) is 13.3. The van der Waals surface area contributed by atoms with Gasteiger partial charge in [-0.1, -0.05) is 84.9 Å². The Labute approximate surface area is 278 Å². The number of fused-ring (bicyclic) bond motifs is 4. The molecule has 0 aromatic heterocycles. The van der Waals surface area contributed by atoms with Crippen LogP contribution >= 0.6 is 0 Å². The third kappa shape index (κ3) is 4.57. The molecule has 0 N–H and O–H groups in total. The lowest BCUT2D eigenvalue weighted by molar-refractivity contribution is -0.144. The van der Waals surface area contributed by atoms with E-state index in [1.807, 2.05) is 60.7 Å². The van der Waals surface area contributed by atoms with Gasteiger partial charge in [-0.25, -0.2) is 0 Å². The number of rotatable bonds is 8. The van der Waals surface area contributed by atoms with E-state index in [2.05, 4.69) is 9.80 Å². The number of carbonyl (C=O) groups is 5. The summed E-state index contributed by atoms with van der Waals surface area (Å²) in [5.41, 5.74) is 1.60. The number of carbonyl (C=O) groups excluding carboxylic acids is 5. The van der Waals surface area contributed by atoms with Crippen LogP contribution in [-0.4, -0.2) is 101 Å². The Morgan fingerprint density at radius 2 is 0.688 bits per heavy atom. The number of amides is 4. The zero-order valence-corrected chi connectivity index (χ0v) is 26.4. The second-order valence-corrected chi connectivity index (χ2v) is 13.3. The maximum atomic E-state index is 15.1. The average molecular weight is 639 g/mol. The summed E-state index contributed by atoms with van der Waals surface area (Å²) in [5.74, 6) is -1.03. The molecule has 4 heterocycles. The van der Waals surface area contributed by atoms with Gasteiger partial charge in [-0.2, -0.15) is 0 Å². The zero-order valence-electron chi connectivity index (χ0n) is 26.4. The van der Waals surface area contributed by atoms with Crippen molar-refractivity contribution in [1.29, 1.82) is 0 Å². The molecular formula is C39H34N4O5. The smallest absolute Gasteiger partial charge is 0.261 e. The van der Waals surface area contributed by atoms with Crippen LogP contribution in [0.15, 0.2) is 109 Å². The molecule has 8 rings (SSSR count). The van der Waals surface area contributed by atoms with Gasteiger partial charge in [0.2, 0.25) is 0 Å². The van der Waals surface area contributed by atoms with E-state index in [0.29, 0.717) is 61.5 Å². The van der Waals surface area contributed by atoms with E-state index in [9.17, 15) is 19.2 Å². The summed E-state index contributed by atoms with van der Waals surface area (Å²) in [6.07, 6.45) is 0. The molecule has 48 heavy (non-hydrogen) atoms. The molecule has 4 aliphatic heterocycles. The fourth-order valence-corrected chi connectivity index (χ4v) is 8.31. The van der Waals surface area contributed by atoms with Crippen LogP contribution in [0.4, 0.5) is 0 Å². The Morgan fingerprint density at radius 3 is 1.00 bits per heavy atom. The zero-order chi connectivity index (χ0) is 33.0. The highest BCUT2D eigenvalue weighted by molar-refractivity contribution is 6.22. The first-order valence-corrected chi connectivity index (χ1v) is 16.3. The number of Topliss-reactive ketones (excluding diaryl/α,β-unsaturated/α-hetero) is 1. The van der Waals surface area contributed by atoms with Crippen LogP contribution in [0.5, 0.6) is 0 Å². The number of ketones is 1. The predicted octanol–water partition coefficient (Wildman–Crippen LogP) is 3.66. The van der Waals surface area contributed by atoms with Crippen molar-refractivity contribution in [2.24, 2.45) is 0 Å². The molecule has 4 amide bonds. The van der Waals surface area contributed by atoms with Crippen molar-refractivity contribution < 1.29 is 24.0 Å². The largest absolute Gasteiger partial charge is 0.299 e. The molecule has 9 nitrogen and oxygen atoms in total. The summed E-state index contributed by atoms with van der Waals surface area (Å²) in [5, 5.41) is 0. The third-order valence-electron chi connectivity index (χ3n) is 10.5. The molecule has 4 aromatic rings. The fourth-order valence-electron chi connectivity index (χ4n) is 8.31. The number of piperidine rings is 2. The highest BCUT2D eigenvalue weighted by atomic mass is 16.2. The van der Waals surface area contributed by atoms with E-state index >= 15 is 4.79 Å². The van der Waals surface area contributed by atoms with Gasteiger partial charge < -0.3 is 0 Å². The van der Waals surface area contributed by atoms with Gasteiger partial charge >= 0.3 is 0 Å². The topological polar surface area (TPSA) is 98.3 Å². The van der Waals surface area contributed by atoms with Crippen molar-refractivity contribution in [1.82, 2.24) is 19.6 Å². The molecule has 0 saturated carbocycles. The van der Waals surface area contributed by atoms with E-state index in [1.165, 1.54) is 9.80 Å². The molecule has 240 valence electrons. The highest BCUT2D eigenvalue weighted by Crippen LogP contribution is 2.46. The Morgan fingerprint density at radius 1 is 0.396 bits per heavy atom. The number of hydrogen-bond acceptors (Lipinski definition) is 7. The van der Waals surface area contributed by atoms with E-state index in [-0.39, 0.29) is 42.5 Å². The van der Waals surface area contributed by atoms with Crippen molar-refractivity contribution in [3.8, 4) is 0 Å². The first-order valence-electron chi connectivity index (χ1n) is 16.3. The van der Waals surface area contributed by atoms with Crippen molar-refractivity contribution in [3.63, 3.8) is 0 Å². The van der Waals surface area contributed by atoms with E-state index < -0.39 is 10.8 Å². The fraction of sp³-hybridized carbons (Fsp3) is 0.256. The SMILES string of the molecule is O=C1c2ccccc2C(=O)N1CCN1CC2(c3ccccc3)CN(CCN3C(=O)c4ccccc4C3=O)CC(c3ccccc3)(C1)C2=O. The molecule has 2 fully saturated rings. The van der Waals surface area contributed by atoms with Crippen molar-refractivity contribution in [3.05, 3.63) is 143 Å². The first-order chi connectivity index (χ1) is 23.3. The Hall–Kier alpha value is -5.25. The number of nitrogens with zero attached hydrogens (tertiary/aromatic N) is 4. The van der Waals surface area contributed by atoms with Gasteiger partial charge in [0.1, 0.15) is 0 Å². The molecule has 9 heteroatoms. The predicted molar refractivity (Wildman–Crippen MR) is 178 cm³/mol. The lowest BCUT2D eigenvalue weighted by Gasteiger charge is -2.58. The molecule has 2 bridgehead atoms. The lowest BCUT2D eigenvalue weighted by atomic mass is 9.57. The number of benzene rings is 4. The van der Waals surface area contributed by atoms with E-state index in [1.54, 1.807) is 48.5 Å². The van der Waals surface area contributed by atoms with Crippen LogP contribution in [-0.2, 0) is 15.6 Å². The Kier molecular flexibility index (Phi) is 7.19. The van der Waals surface area contributed by atoms with Crippen LogP contribution in [0.2, 0.25) is 0 Å². The van der Waals surface area contributed by atoms with Gasteiger partial charge in [0.05, 0.1) is 33.1 Å². The Balaban J connectivity index is 1.12. The van der Waals surface area contributed by atoms with Gasteiger partial charge in [-0.3, -0.25) is 43.6 Å². The second kappa shape index (κ2) is 11.5. The van der Waals surface area contributed by atoms with Crippen molar-refractivity contribution in [2.45, 2.75) is 10.8 Å². The monoisotopic (exact) mass is 638 g/mol. The van der Waals surface area contributed by atoms with Crippen LogP contribution in [0.3, 0.4) is 0 Å². The van der Waals surface area contributed by atoms with Crippen molar-refractivity contribution in [2.75, 3.05) is 52.4 Å². The number of hydrogen-bond donors (Lipinski definition) is 0. The maximum absolute atomic E-state index is 15.1. The molecule has 4 aliphatic rings. The van der Waals surface area contributed by atoms with Crippen molar-refractivity contribution >= 4 is 29.4 Å². The summed E-state index contributed by atoms with van der Waals surface area (Å²) in [4.78, 5) is 75.0. The van der Waals surface area contributed by atoms with Crippen LogP contribution in [0.1, 0.15) is 52.6 Å². The van der Waals surface area contributed by atoms with Gasteiger partial charge in [0, 0.05) is 52.4 Å². The molecule has 0 spiro atoms. The molecule has 4 aromatic carbocycles. The minimum Gasteiger partial charge on any atom is -0.299 e. The number of imide groups is 2. The molecule has 0 radical (unpaired) electrons. The minimum absolute atomic E-state index is 0.140. The van der Waals surface area contributed by atoms with Crippen LogP contribution in [0.25, 0.3) is 0 Å². The Bertz CT molecular complexity index is 1750. The van der Waals surface area contributed by atoms with Crippen LogP contribution in [0, 0.1) is 0 Å². The number of likely N-dealkylation sites (tertiary alicyclic amines) is 2. The summed E-state index contributed by atoms with van der Waals surface area (Å²) in [7, 11) is 0. The molecular weight excluding hydrogens is 604 g/mol. The molecule has 0 aliphatic carbocycles. The van der Waals surface area contributed by atoms with Gasteiger partial charge in [-0.15, -0.1) is 0 Å². The standard InChI is InChI=1S/C39H34N4O5/c44-33-29-15-7-8-16-30(29)34(45)42(33)21-19-40-23-38(27-11-3-1-4-12-27)24-41(26-39(25-40,37(38)48)28-13-5-2-6-14-28)20-22-43-35(46)31-17-9-10-18-32(31)36(43)47/h1-18H,19-26H2. The molecule has 0 unspecified atom stereocenters. The first kappa shape index (κ1) is 30.1. The maximum Gasteiger partial charge on any atom is 0.261 e. The minimum atomic E-state index is -0.933. The summed E-state index contributed by atoms with van der Waals surface area (Å²) in [6, 6.07) is 33.4. The summed E-state index contributed by atoms with van der Waals surface area (Å²) in [6.45, 7) is 2.84. The van der Waals surface area contributed by atoms with Gasteiger partial charge in [0.25, 0.3) is 23.6 Å². The summed E-state index contributed by atoms with van der Waals surface area (Å²) >= 11 is 0. The van der Waals surface area contributed by atoms with Gasteiger partial charge in [0.15, 0.2) is 5.78 Å². The average Bonchev–Trinajstić information content (AvgIpc) is 3.51. The van der Waals surface area contributed by atoms with Crippen LogP contribution < -0.4 is 0 Å². The van der Waals surface area contributed by atoms with Gasteiger partial charge in [-0.05, 0) is 35.4 Å².